The first-order chi connectivity index (χ1) is 13.3. The average molecular weight is 364 g/mol. The number of hydrogen-bond donors (Lipinski definition) is 1. The van der Waals surface area contributed by atoms with Crippen molar-refractivity contribution in [2.24, 2.45) is 0 Å². The van der Waals surface area contributed by atoms with E-state index < -0.39 is 0 Å². The maximum Gasteiger partial charge on any atom is 0.321 e. The van der Waals surface area contributed by atoms with E-state index in [1.54, 1.807) is 10.7 Å². The molecule has 1 aromatic carbocycles. The molecule has 0 saturated carbocycles. The summed E-state index contributed by atoms with van der Waals surface area (Å²) in [6, 6.07) is 9.83. The summed E-state index contributed by atoms with van der Waals surface area (Å²) < 4.78 is 7.20. The number of aromatic nitrogens is 3. The van der Waals surface area contributed by atoms with E-state index in [2.05, 4.69) is 20.3 Å². The van der Waals surface area contributed by atoms with Crippen LogP contribution in [0.3, 0.4) is 0 Å². The number of nitrogens with one attached hydrogen (secondary N) is 1. The van der Waals surface area contributed by atoms with Crippen molar-refractivity contribution in [2.45, 2.75) is 13.2 Å². The van der Waals surface area contributed by atoms with Gasteiger partial charge in [-0.05, 0) is 35.4 Å². The highest BCUT2D eigenvalue weighted by Crippen LogP contribution is 2.23. The summed E-state index contributed by atoms with van der Waals surface area (Å²) >= 11 is 0. The van der Waals surface area contributed by atoms with Crippen LogP contribution in [0.5, 0.6) is 0 Å². The van der Waals surface area contributed by atoms with Crippen molar-refractivity contribution in [1.29, 1.82) is 0 Å². The summed E-state index contributed by atoms with van der Waals surface area (Å²) in [7, 11) is 0. The van der Waals surface area contributed by atoms with Crippen LogP contribution in [-0.4, -0.2) is 51.7 Å². The van der Waals surface area contributed by atoms with Crippen LogP contribution in [0.15, 0.2) is 42.7 Å². The van der Waals surface area contributed by atoms with Crippen LogP contribution in [0.2, 0.25) is 0 Å². The van der Waals surface area contributed by atoms with E-state index in [9.17, 15) is 4.79 Å². The van der Waals surface area contributed by atoms with Crippen LogP contribution in [0.4, 0.5) is 16.3 Å². The number of carbonyl (C=O) groups excluding carboxylic acids is 1. The fourth-order valence-corrected chi connectivity index (χ4v) is 3.56. The molecule has 0 aliphatic carbocycles. The summed E-state index contributed by atoms with van der Waals surface area (Å²) in [6.07, 6.45) is 3.57. The molecule has 8 nitrogen and oxygen atoms in total. The van der Waals surface area contributed by atoms with Gasteiger partial charge in [-0.15, -0.1) is 5.10 Å². The number of fused-ring (bicyclic) bond motifs is 2. The van der Waals surface area contributed by atoms with Crippen molar-refractivity contribution < 1.29 is 9.53 Å². The number of hydrogen-bond acceptors (Lipinski definition) is 5. The third-order valence-electron chi connectivity index (χ3n) is 5.10. The topological polar surface area (TPSA) is 75.0 Å². The van der Waals surface area contributed by atoms with E-state index in [-0.39, 0.29) is 6.03 Å². The Morgan fingerprint density at radius 1 is 1.04 bits per heavy atom. The first kappa shape index (κ1) is 16.1. The Balaban J connectivity index is 1.21. The Morgan fingerprint density at radius 2 is 1.89 bits per heavy atom. The second-order valence-corrected chi connectivity index (χ2v) is 6.80. The molecule has 2 aromatic heterocycles. The minimum atomic E-state index is -0.0634. The van der Waals surface area contributed by atoms with Crippen LogP contribution in [-0.2, 0) is 18.0 Å². The molecule has 138 valence electrons. The van der Waals surface area contributed by atoms with E-state index in [0.717, 1.165) is 35.8 Å². The SMILES string of the molecule is O=C(Nc1ccc2c(c1)COC2)N1CCN(c2ccc3nccn3n2)CC1. The zero-order valence-corrected chi connectivity index (χ0v) is 14.8. The first-order valence-electron chi connectivity index (χ1n) is 9.07. The van der Waals surface area contributed by atoms with E-state index in [4.69, 9.17) is 4.74 Å². The van der Waals surface area contributed by atoms with Crippen molar-refractivity contribution in [3.8, 4) is 0 Å². The van der Waals surface area contributed by atoms with Gasteiger partial charge < -0.3 is 19.9 Å². The van der Waals surface area contributed by atoms with Gasteiger partial charge in [-0.3, -0.25) is 0 Å². The van der Waals surface area contributed by atoms with Gasteiger partial charge in [0.2, 0.25) is 0 Å². The van der Waals surface area contributed by atoms with E-state index in [1.807, 2.05) is 41.4 Å². The number of carbonyl (C=O) groups is 1. The highest BCUT2D eigenvalue weighted by molar-refractivity contribution is 5.89. The number of ether oxygens (including phenoxy) is 1. The number of anilines is 2. The number of nitrogens with zero attached hydrogens (tertiary/aromatic N) is 5. The van der Waals surface area contributed by atoms with Gasteiger partial charge in [0, 0.05) is 44.3 Å². The highest BCUT2D eigenvalue weighted by atomic mass is 16.5. The second kappa shape index (κ2) is 6.55. The van der Waals surface area contributed by atoms with Gasteiger partial charge in [0.1, 0.15) is 5.82 Å². The maximum absolute atomic E-state index is 12.6. The smallest absolute Gasteiger partial charge is 0.321 e. The third kappa shape index (κ3) is 3.08. The normalized spacial score (nSPS) is 16.6. The van der Waals surface area contributed by atoms with Crippen LogP contribution < -0.4 is 10.2 Å². The fourth-order valence-electron chi connectivity index (χ4n) is 3.56. The number of urea groups is 1. The zero-order valence-electron chi connectivity index (χ0n) is 14.8. The molecule has 2 amide bonds. The monoisotopic (exact) mass is 364 g/mol. The molecule has 1 N–H and O–H groups in total. The predicted octanol–water partition coefficient (Wildman–Crippen LogP) is 2.11. The van der Waals surface area contributed by atoms with Crippen molar-refractivity contribution in [3.63, 3.8) is 0 Å². The van der Waals surface area contributed by atoms with Gasteiger partial charge in [0.25, 0.3) is 0 Å². The van der Waals surface area contributed by atoms with Crippen LogP contribution in [0.25, 0.3) is 5.65 Å². The molecule has 4 heterocycles. The Kier molecular flexibility index (Phi) is 3.90. The van der Waals surface area contributed by atoms with Crippen molar-refractivity contribution in [2.75, 3.05) is 36.4 Å². The van der Waals surface area contributed by atoms with Gasteiger partial charge in [-0.1, -0.05) is 6.07 Å². The molecule has 1 fully saturated rings. The molecule has 5 rings (SSSR count). The molecule has 0 unspecified atom stereocenters. The lowest BCUT2D eigenvalue weighted by Crippen LogP contribution is -2.50. The Bertz CT molecular complexity index is 993. The molecular formula is C19H20N6O2. The zero-order chi connectivity index (χ0) is 18.2. The molecule has 0 atom stereocenters. The lowest BCUT2D eigenvalue weighted by molar-refractivity contribution is 0.134. The molecule has 2 aliphatic rings. The van der Waals surface area contributed by atoms with Crippen molar-refractivity contribution >= 4 is 23.2 Å². The molecule has 27 heavy (non-hydrogen) atoms. The van der Waals surface area contributed by atoms with Crippen molar-refractivity contribution in [3.05, 3.63) is 53.9 Å². The molecule has 3 aromatic rings. The maximum atomic E-state index is 12.6. The Morgan fingerprint density at radius 3 is 2.78 bits per heavy atom. The van der Waals surface area contributed by atoms with Gasteiger partial charge in [0.15, 0.2) is 5.65 Å². The van der Waals surface area contributed by atoms with Gasteiger partial charge in [-0.25, -0.2) is 14.3 Å². The molecule has 8 heteroatoms. The molecular weight excluding hydrogens is 344 g/mol. The largest absolute Gasteiger partial charge is 0.372 e. The van der Waals surface area contributed by atoms with E-state index in [1.165, 1.54) is 5.56 Å². The number of imidazole rings is 1. The summed E-state index contributed by atoms with van der Waals surface area (Å²) in [6.45, 7) is 4.08. The minimum absolute atomic E-state index is 0.0634. The lowest BCUT2D eigenvalue weighted by Gasteiger charge is -2.35. The Hall–Kier alpha value is -3.13. The summed E-state index contributed by atoms with van der Waals surface area (Å²) in [4.78, 5) is 20.8. The molecule has 2 aliphatic heterocycles. The van der Waals surface area contributed by atoms with Gasteiger partial charge in [0.05, 0.1) is 13.2 Å². The number of amides is 2. The van der Waals surface area contributed by atoms with Gasteiger partial charge >= 0.3 is 6.03 Å². The summed E-state index contributed by atoms with van der Waals surface area (Å²) in [5.74, 6) is 0.902. The van der Waals surface area contributed by atoms with Crippen molar-refractivity contribution in [1.82, 2.24) is 19.5 Å². The van der Waals surface area contributed by atoms with Crippen LogP contribution >= 0.6 is 0 Å². The lowest BCUT2D eigenvalue weighted by atomic mass is 10.1. The first-order valence-corrected chi connectivity index (χ1v) is 9.07. The summed E-state index contributed by atoms with van der Waals surface area (Å²) in [5, 5.41) is 7.58. The standard InChI is InChI=1S/C19H20N6O2/c26-19(21-16-2-1-14-12-27-13-15(14)11-16)24-9-7-23(8-10-24)18-4-3-17-20-5-6-25(17)22-18/h1-6,11H,7-10,12-13H2,(H,21,26). The quantitative estimate of drug-likeness (QED) is 0.754. The molecule has 0 spiro atoms. The fraction of sp³-hybridized carbons (Fsp3) is 0.316. The highest BCUT2D eigenvalue weighted by Gasteiger charge is 2.22. The average Bonchev–Trinajstić information content (AvgIpc) is 3.36. The molecule has 0 radical (unpaired) electrons. The van der Waals surface area contributed by atoms with Crippen LogP contribution in [0.1, 0.15) is 11.1 Å². The summed E-state index contributed by atoms with van der Waals surface area (Å²) in [5.41, 5.74) is 4.00. The second-order valence-electron chi connectivity index (χ2n) is 6.80. The Labute approximate surface area is 156 Å². The minimum Gasteiger partial charge on any atom is -0.372 e. The molecule has 1 saturated heterocycles. The van der Waals surface area contributed by atoms with E-state index >= 15 is 0 Å². The molecule has 0 bridgehead atoms. The number of benzene rings is 1. The van der Waals surface area contributed by atoms with Gasteiger partial charge in [-0.2, -0.15) is 0 Å². The van der Waals surface area contributed by atoms with Crippen LogP contribution in [0, 0.1) is 0 Å². The van der Waals surface area contributed by atoms with E-state index in [0.29, 0.717) is 26.3 Å². The number of piperazine rings is 1. The predicted molar refractivity (Wildman–Crippen MR) is 101 cm³/mol. The number of rotatable bonds is 2. The third-order valence-corrected chi connectivity index (χ3v) is 5.10.